The van der Waals surface area contributed by atoms with Crippen molar-refractivity contribution in [3.05, 3.63) is 124 Å². The molecule has 0 saturated carbocycles. The van der Waals surface area contributed by atoms with Crippen LogP contribution < -0.4 is 16.2 Å². The fourth-order valence-corrected chi connectivity index (χ4v) is 6.14. The van der Waals surface area contributed by atoms with Crippen LogP contribution in [0.2, 0.25) is 0 Å². The van der Waals surface area contributed by atoms with Gasteiger partial charge in [0.2, 0.25) is 11.5 Å². The van der Waals surface area contributed by atoms with E-state index in [0.717, 1.165) is 22.3 Å². The van der Waals surface area contributed by atoms with Crippen molar-refractivity contribution >= 4 is 28.7 Å². The highest BCUT2D eigenvalue weighted by Crippen LogP contribution is 2.35. The van der Waals surface area contributed by atoms with E-state index in [0.29, 0.717) is 16.2 Å². The van der Waals surface area contributed by atoms with E-state index in [9.17, 15) is 18.4 Å². The quantitative estimate of drug-likeness (QED) is 0.266. The van der Waals surface area contributed by atoms with E-state index in [1.807, 2.05) is 72.8 Å². The van der Waals surface area contributed by atoms with Crippen LogP contribution in [0.15, 0.2) is 107 Å². The summed E-state index contributed by atoms with van der Waals surface area (Å²) in [7, 11) is 0. The third kappa shape index (κ3) is 5.75. The molecule has 4 aromatic rings. The van der Waals surface area contributed by atoms with Crippen LogP contribution in [0.5, 0.6) is 0 Å². The van der Waals surface area contributed by atoms with Crippen molar-refractivity contribution < 1.29 is 13.6 Å². The van der Waals surface area contributed by atoms with Crippen molar-refractivity contribution in [3.8, 4) is 11.1 Å². The Morgan fingerprint density at radius 2 is 1.68 bits per heavy atom. The van der Waals surface area contributed by atoms with Gasteiger partial charge in [-0.05, 0) is 46.0 Å². The van der Waals surface area contributed by atoms with E-state index in [2.05, 4.69) is 15.6 Å². The van der Waals surface area contributed by atoms with Crippen LogP contribution in [-0.4, -0.2) is 30.8 Å². The largest absolute Gasteiger partial charge is 0.343 e. The molecule has 4 N–H and O–H groups in total. The zero-order chi connectivity index (χ0) is 25.8. The molecular formula is C28H25N3O4S2. The minimum atomic E-state index is -2.16. The monoisotopic (exact) mass is 531 g/mol. The lowest BCUT2D eigenvalue weighted by Gasteiger charge is -2.22. The van der Waals surface area contributed by atoms with Gasteiger partial charge in [0, 0.05) is 24.1 Å². The number of carbonyl (C=O) groups is 1. The Hall–Kier alpha value is -3.50. The van der Waals surface area contributed by atoms with Gasteiger partial charge >= 0.3 is 0 Å². The first-order valence-electron chi connectivity index (χ1n) is 11.7. The van der Waals surface area contributed by atoms with Gasteiger partial charge in [-0.1, -0.05) is 66.7 Å². The normalized spacial score (nSPS) is 18.7. The molecule has 1 amide bonds. The number of nitrogens with one attached hydrogen (secondary N) is 3. The Morgan fingerprint density at radius 1 is 0.946 bits per heavy atom. The Labute approximate surface area is 221 Å². The SMILES string of the molecule is O=C(NC(c1ccccc1)c1ccc(=O)[nH]c1)C1NC(c2cc(-c3ccccc3)ccc2S(=O)O)CS1. The standard InChI is InChI=1S/C28H25N3O4S2/c32-25-14-12-21(16-29-25)26(19-9-5-2-6-10-19)31-27(33)28-30-23(17-36-28)22-15-20(11-13-24(22)37(34)35)18-7-3-1-4-8-18/h1-16,23,26,28,30H,17H2,(H,29,32)(H,31,33)(H,34,35). The van der Waals surface area contributed by atoms with Gasteiger partial charge in [-0.25, -0.2) is 4.21 Å². The highest BCUT2D eigenvalue weighted by atomic mass is 32.2. The van der Waals surface area contributed by atoms with Crippen LogP contribution in [0.25, 0.3) is 11.1 Å². The molecule has 4 atom stereocenters. The smallest absolute Gasteiger partial charge is 0.248 e. The molecule has 1 aliphatic heterocycles. The van der Waals surface area contributed by atoms with Gasteiger partial charge in [0.05, 0.1) is 10.9 Å². The fourth-order valence-electron chi connectivity index (χ4n) is 4.42. The number of hydrogen-bond donors (Lipinski definition) is 4. The highest BCUT2D eigenvalue weighted by Gasteiger charge is 2.34. The first kappa shape index (κ1) is 25.2. The summed E-state index contributed by atoms with van der Waals surface area (Å²) >= 11 is -0.714. The van der Waals surface area contributed by atoms with E-state index in [-0.39, 0.29) is 17.5 Å². The number of amides is 1. The highest BCUT2D eigenvalue weighted by molar-refractivity contribution is 8.00. The minimum Gasteiger partial charge on any atom is -0.343 e. The van der Waals surface area contributed by atoms with Crippen molar-refractivity contribution in [2.45, 2.75) is 22.4 Å². The van der Waals surface area contributed by atoms with Crippen LogP contribution in [-0.2, 0) is 15.9 Å². The lowest BCUT2D eigenvalue weighted by Crippen LogP contribution is -2.41. The van der Waals surface area contributed by atoms with E-state index in [1.165, 1.54) is 17.8 Å². The second-order valence-electron chi connectivity index (χ2n) is 8.64. The number of thioether (sulfide) groups is 1. The predicted molar refractivity (Wildman–Crippen MR) is 147 cm³/mol. The zero-order valence-corrected chi connectivity index (χ0v) is 21.3. The van der Waals surface area contributed by atoms with Crippen LogP contribution in [0.3, 0.4) is 0 Å². The first-order chi connectivity index (χ1) is 18.0. The first-order valence-corrected chi connectivity index (χ1v) is 13.9. The van der Waals surface area contributed by atoms with Crippen LogP contribution >= 0.6 is 11.8 Å². The molecule has 0 radical (unpaired) electrons. The summed E-state index contributed by atoms with van der Waals surface area (Å²) in [5.74, 6) is 0.355. The van der Waals surface area contributed by atoms with E-state index in [4.69, 9.17) is 0 Å². The number of aromatic nitrogens is 1. The Kier molecular flexibility index (Phi) is 7.66. The second kappa shape index (κ2) is 11.3. The van der Waals surface area contributed by atoms with Gasteiger partial charge < -0.3 is 14.9 Å². The lowest BCUT2D eigenvalue weighted by molar-refractivity contribution is -0.121. The van der Waals surface area contributed by atoms with Gasteiger partial charge in [0.25, 0.3) is 0 Å². The maximum absolute atomic E-state index is 13.4. The lowest BCUT2D eigenvalue weighted by atomic mass is 9.99. The molecule has 0 aliphatic carbocycles. The van der Waals surface area contributed by atoms with E-state index in [1.54, 1.807) is 18.3 Å². The van der Waals surface area contributed by atoms with E-state index >= 15 is 0 Å². The van der Waals surface area contributed by atoms with Crippen molar-refractivity contribution in [1.29, 1.82) is 0 Å². The Morgan fingerprint density at radius 3 is 2.35 bits per heavy atom. The maximum Gasteiger partial charge on any atom is 0.248 e. The number of aromatic amines is 1. The molecule has 9 heteroatoms. The maximum atomic E-state index is 13.4. The van der Waals surface area contributed by atoms with Crippen molar-refractivity contribution in [1.82, 2.24) is 15.6 Å². The van der Waals surface area contributed by atoms with Gasteiger partial charge in [0.15, 0.2) is 11.1 Å². The number of pyridine rings is 1. The summed E-state index contributed by atoms with van der Waals surface area (Å²) in [6.07, 6.45) is 1.61. The summed E-state index contributed by atoms with van der Waals surface area (Å²) < 4.78 is 22.0. The molecule has 2 heterocycles. The average Bonchev–Trinajstić information content (AvgIpc) is 3.43. The van der Waals surface area contributed by atoms with Crippen LogP contribution in [0, 0.1) is 0 Å². The summed E-state index contributed by atoms with van der Waals surface area (Å²) in [4.78, 5) is 28.0. The molecule has 37 heavy (non-hydrogen) atoms. The Bertz CT molecular complexity index is 1460. The number of hydrogen-bond acceptors (Lipinski definition) is 5. The molecule has 1 fully saturated rings. The zero-order valence-electron chi connectivity index (χ0n) is 19.7. The third-order valence-corrected chi connectivity index (χ3v) is 8.22. The molecule has 1 aliphatic rings. The van der Waals surface area contributed by atoms with Crippen molar-refractivity contribution in [2.75, 3.05) is 5.75 Å². The molecular weight excluding hydrogens is 506 g/mol. The number of carbonyl (C=O) groups excluding carboxylic acids is 1. The fraction of sp³-hybridized carbons (Fsp3) is 0.143. The van der Waals surface area contributed by atoms with Crippen LogP contribution in [0.1, 0.15) is 28.8 Å². The summed E-state index contributed by atoms with van der Waals surface area (Å²) in [6.45, 7) is 0. The number of H-pyrrole nitrogens is 1. The van der Waals surface area contributed by atoms with Crippen molar-refractivity contribution in [2.24, 2.45) is 0 Å². The molecule has 188 valence electrons. The predicted octanol–water partition coefficient (Wildman–Crippen LogP) is 4.23. The average molecular weight is 532 g/mol. The molecule has 1 aromatic heterocycles. The van der Waals surface area contributed by atoms with Crippen molar-refractivity contribution in [3.63, 3.8) is 0 Å². The molecule has 3 aromatic carbocycles. The molecule has 4 unspecified atom stereocenters. The van der Waals surface area contributed by atoms with Crippen LogP contribution in [0.4, 0.5) is 0 Å². The van der Waals surface area contributed by atoms with Gasteiger partial charge in [-0.15, -0.1) is 11.8 Å². The summed E-state index contributed by atoms with van der Waals surface area (Å²) in [5.41, 5.74) is 4.07. The minimum absolute atomic E-state index is 0.210. The Balaban J connectivity index is 1.38. The molecule has 1 saturated heterocycles. The summed E-state index contributed by atoms with van der Waals surface area (Å²) in [5, 5.41) is 5.89. The molecule has 7 nitrogen and oxygen atoms in total. The summed E-state index contributed by atoms with van der Waals surface area (Å²) in [6, 6.07) is 27.2. The number of benzene rings is 3. The topological polar surface area (TPSA) is 111 Å². The van der Waals surface area contributed by atoms with E-state index < -0.39 is 22.5 Å². The number of rotatable bonds is 7. The van der Waals surface area contributed by atoms with Gasteiger partial charge in [-0.3, -0.25) is 14.9 Å². The van der Waals surface area contributed by atoms with Gasteiger partial charge in [-0.2, -0.15) is 0 Å². The third-order valence-electron chi connectivity index (χ3n) is 6.26. The van der Waals surface area contributed by atoms with Gasteiger partial charge in [0.1, 0.15) is 5.37 Å². The molecule has 0 spiro atoms. The second-order valence-corrected chi connectivity index (χ2v) is 10.7. The molecule has 5 rings (SSSR count). The molecule has 0 bridgehead atoms.